The summed E-state index contributed by atoms with van der Waals surface area (Å²) in [4.78, 5) is 10.3. The summed E-state index contributed by atoms with van der Waals surface area (Å²) in [7, 11) is 0. The van der Waals surface area contributed by atoms with Gasteiger partial charge in [0.05, 0.1) is 9.95 Å². The van der Waals surface area contributed by atoms with Crippen molar-refractivity contribution in [3.8, 4) is 5.69 Å². The zero-order chi connectivity index (χ0) is 14.2. The third-order valence-corrected chi connectivity index (χ3v) is 3.19. The molecule has 0 unspecified atom stereocenters. The Balaban J connectivity index is 2.74. The Morgan fingerprint density at radius 3 is 2.63 bits per heavy atom. The summed E-state index contributed by atoms with van der Waals surface area (Å²) in [5.41, 5.74) is -0.255. The second kappa shape index (κ2) is 5.14. The minimum Gasteiger partial charge on any atom is -0.258 e. The molecule has 0 aliphatic carbocycles. The average molecular weight is 304 g/mol. The fourth-order valence-electron chi connectivity index (χ4n) is 1.69. The van der Waals surface area contributed by atoms with E-state index in [1.54, 1.807) is 6.92 Å². The van der Waals surface area contributed by atoms with Gasteiger partial charge in [-0.3, -0.25) is 10.1 Å². The van der Waals surface area contributed by atoms with Crippen LogP contribution in [0.25, 0.3) is 5.69 Å². The van der Waals surface area contributed by atoms with Gasteiger partial charge in [0.1, 0.15) is 17.2 Å². The molecule has 1 heterocycles. The zero-order valence-corrected chi connectivity index (χ0v) is 11.2. The molecule has 100 valence electrons. The number of halogens is 3. The van der Waals surface area contributed by atoms with E-state index >= 15 is 0 Å². The first-order valence-electron chi connectivity index (χ1n) is 5.33. The largest absolute Gasteiger partial charge is 0.329 e. The number of benzene rings is 1. The Morgan fingerprint density at radius 1 is 1.47 bits per heavy atom. The summed E-state index contributed by atoms with van der Waals surface area (Å²) in [6.07, 6.45) is 0.301. The molecule has 1 aromatic carbocycles. The van der Waals surface area contributed by atoms with Gasteiger partial charge in [0.15, 0.2) is 0 Å². The van der Waals surface area contributed by atoms with Gasteiger partial charge in [-0.1, -0.05) is 36.2 Å². The number of hydrogen-bond donors (Lipinski definition) is 0. The van der Waals surface area contributed by atoms with Crippen LogP contribution in [0, 0.1) is 15.9 Å². The summed E-state index contributed by atoms with van der Waals surface area (Å²) in [5, 5.41) is 14.7. The monoisotopic (exact) mass is 303 g/mol. The molecule has 1 aromatic heterocycles. The Morgan fingerprint density at radius 2 is 2.16 bits per heavy atom. The highest BCUT2D eigenvalue weighted by Crippen LogP contribution is 2.34. The normalized spacial score (nSPS) is 10.7. The maximum Gasteiger partial charge on any atom is 0.329 e. The SMILES string of the molecule is CCc1nn(-c2c(F)cccc2Cl)c(Cl)c1[N+](=O)[O-]. The molecule has 0 radical (unpaired) electrons. The highest BCUT2D eigenvalue weighted by Gasteiger charge is 2.28. The molecule has 0 fully saturated rings. The van der Waals surface area contributed by atoms with Crippen LogP contribution in [-0.2, 0) is 6.42 Å². The van der Waals surface area contributed by atoms with E-state index in [2.05, 4.69) is 5.10 Å². The molecule has 0 saturated carbocycles. The molecule has 19 heavy (non-hydrogen) atoms. The average Bonchev–Trinajstić information content (AvgIpc) is 2.66. The molecule has 0 atom stereocenters. The Bertz CT molecular complexity index is 637. The van der Waals surface area contributed by atoms with Crippen LogP contribution >= 0.6 is 23.2 Å². The maximum absolute atomic E-state index is 13.8. The predicted octanol–water partition coefficient (Wildman–Crippen LogP) is 3.79. The smallest absolute Gasteiger partial charge is 0.258 e. The van der Waals surface area contributed by atoms with Gasteiger partial charge in [0.25, 0.3) is 0 Å². The lowest BCUT2D eigenvalue weighted by Crippen LogP contribution is -2.01. The summed E-state index contributed by atoms with van der Waals surface area (Å²) in [6.45, 7) is 1.69. The minimum atomic E-state index is -0.658. The summed E-state index contributed by atoms with van der Waals surface area (Å²) >= 11 is 11.8. The molecule has 0 spiro atoms. The van der Waals surface area contributed by atoms with Crippen LogP contribution in [0.3, 0.4) is 0 Å². The van der Waals surface area contributed by atoms with Gasteiger partial charge >= 0.3 is 5.69 Å². The Kier molecular flexibility index (Phi) is 3.73. The highest BCUT2D eigenvalue weighted by atomic mass is 35.5. The van der Waals surface area contributed by atoms with E-state index < -0.39 is 10.7 Å². The van der Waals surface area contributed by atoms with Crippen molar-refractivity contribution in [3.63, 3.8) is 0 Å². The number of aryl methyl sites for hydroxylation is 1. The molecule has 0 N–H and O–H groups in total. The second-order valence-corrected chi connectivity index (χ2v) is 4.44. The van der Waals surface area contributed by atoms with Crippen molar-refractivity contribution in [1.82, 2.24) is 9.78 Å². The molecule has 0 aliphatic rings. The first-order valence-corrected chi connectivity index (χ1v) is 6.09. The van der Waals surface area contributed by atoms with Crippen molar-refractivity contribution in [3.05, 3.63) is 50.0 Å². The lowest BCUT2D eigenvalue weighted by molar-refractivity contribution is -0.385. The molecule has 2 rings (SSSR count). The van der Waals surface area contributed by atoms with E-state index in [0.29, 0.717) is 6.42 Å². The number of nitrogens with zero attached hydrogens (tertiary/aromatic N) is 3. The molecule has 5 nitrogen and oxygen atoms in total. The number of hydrogen-bond acceptors (Lipinski definition) is 3. The van der Waals surface area contributed by atoms with Gasteiger partial charge in [-0.25, -0.2) is 9.07 Å². The van der Waals surface area contributed by atoms with Crippen LogP contribution in [0.1, 0.15) is 12.6 Å². The highest BCUT2D eigenvalue weighted by molar-refractivity contribution is 6.34. The van der Waals surface area contributed by atoms with Gasteiger partial charge in [0.2, 0.25) is 5.15 Å². The van der Waals surface area contributed by atoms with Crippen LogP contribution < -0.4 is 0 Å². The van der Waals surface area contributed by atoms with Crippen molar-refractivity contribution in [2.24, 2.45) is 0 Å². The summed E-state index contributed by atoms with van der Waals surface area (Å²) in [5.74, 6) is -0.658. The van der Waals surface area contributed by atoms with Crippen molar-refractivity contribution >= 4 is 28.9 Å². The van der Waals surface area contributed by atoms with E-state index in [9.17, 15) is 14.5 Å². The molecule has 0 bridgehead atoms. The molecule has 8 heteroatoms. The van der Waals surface area contributed by atoms with Crippen molar-refractivity contribution < 1.29 is 9.31 Å². The number of para-hydroxylation sites is 1. The number of nitro groups is 1. The maximum atomic E-state index is 13.8. The van der Waals surface area contributed by atoms with E-state index in [1.807, 2.05) is 0 Å². The van der Waals surface area contributed by atoms with E-state index in [0.717, 1.165) is 4.68 Å². The minimum absolute atomic E-state index is 0.0713. The Labute approximate surface area is 117 Å². The first kappa shape index (κ1) is 13.8. The lowest BCUT2D eigenvalue weighted by Gasteiger charge is -2.05. The number of rotatable bonds is 3. The second-order valence-electron chi connectivity index (χ2n) is 3.68. The molecule has 2 aromatic rings. The quantitative estimate of drug-likeness (QED) is 0.640. The molecule has 0 amide bonds. The van der Waals surface area contributed by atoms with Gasteiger partial charge in [0, 0.05) is 0 Å². The fraction of sp³-hybridized carbons (Fsp3) is 0.182. The predicted molar refractivity (Wildman–Crippen MR) is 69.6 cm³/mol. The van der Waals surface area contributed by atoms with E-state index in [1.165, 1.54) is 18.2 Å². The Hall–Kier alpha value is -1.66. The third kappa shape index (κ3) is 2.29. The van der Waals surface area contributed by atoms with Gasteiger partial charge < -0.3 is 0 Å². The van der Waals surface area contributed by atoms with Crippen molar-refractivity contribution in [1.29, 1.82) is 0 Å². The third-order valence-electron chi connectivity index (χ3n) is 2.54. The summed E-state index contributed by atoms with van der Waals surface area (Å²) in [6, 6.07) is 4.06. The standard InChI is InChI=1S/C11H8Cl2FN3O2/c1-2-8-10(17(18)19)11(13)16(15-8)9-6(12)4-3-5-7(9)14/h3-5H,2H2,1H3. The topological polar surface area (TPSA) is 61.0 Å². The van der Waals surface area contributed by atoms with E-state index in [-0.39, 0.29) is 27.2 Å². The van der Waals surface area contributed by atoms with Crippen LogP contribution in [0.15, 0.2) is 18.2 Å². The van der Waals surface area contributed by atoms with Crippen LogP contribution in [0.2, 0.25) is 10.2 Å². The summed E-state index contributed by atoms with van der Waals surface area (Å²) < 4.78 is 14.7. The van der Waals surface area contributed by atoms with Crippen molar-refractivity contribution in [2.45, 2.75) is 13.3 Å². The lowest BCUT2D eigenvalue weighted by atomic mass is 10.3. The first-order chi connectivity index (χ1) is 8.97. The zero-order valence-electron chi connectivity index (χ0n) is 9.73. The molecule has 0 saturated heterocycles. The molecular weight excluding hydrogens is 296 g/mol. The fourth-order valence-corrected chi connectivity index (χ4v) is 2.23. The van der Waals surface area contributed by atoms with Crippen LogP contribution in [0.5, 0.6) is 0 Å². The van der Waals surface area contributed by atoms with Crippen LogP contribution in [-0.4, -0.2) is 14.7 Å². The van der Waals surface area contributed by atoms with Gasteiger partial charge in [-0.15, -0.1) is 0 Å². The van der Waals surface area contributed by atoms with Crippen molar-refractivity contribution in [2.75, 3.05) is 0 Å². The van der Waals surface area contributed by atoms with Gasteiger partial charge in [-0.2, -0.15) is 5.10 Å². The van der Waals surface area contributed by atoms with E-state index in [4.69, 9.17) is 23.2 Å². The van der Waals surface area contributed by atoms with Gasteiger partial charge in [-0.05, 0) is 18.6 Å². The molecule has 0 aliphatic heterocycles. The molecular formula is C11H8Cl2FN3O2. The van der Waals surface area contributed by atoms with Crippen LogP contribution in [0.4, 0.5) is 10.1 Å². The number of aromatic nitrogens is 2.